The fourth-order valence-corrected chi connectivity index (χ4v) is 6.24. The van der Waals surface area contributed by atoms with E-state index in [2.05, 4.69) is 15.1 Å². The van der Waals surface area contributed by atoms with E-state index in [9.17, 15) is 18.0 Å². The Bertz CT molecular complexity index is 1480. The molecule has 2 aliphatic rings. The largest absolute Gasteiger partial charge is 0.444 e. The molecule has 11 nitrogen and oxygen atoms in total. The molecule has 2 aliphatic heterocycles. The molecule has 1 N–H and O–H groups in total. The molecule has 0 spiro atoms. The zero-order chi connectivity index (χ0) is 27.1. The summed E-state index contributed by atoms with van der Waals surface area (Å²) in [7, 11) is -3.56. The molecular weight excluding hydrogens is 510 g/mol. The number of nitrogens with zero attached hydrogens (tertiary/aromatic N) is 4. The first-order valence-electron chi connectivity index (χ1n) is 12.6. The van der Waals surface area contributed by atoms with Gasteiger partial charge in [0.15, 0.2) is 0 Å². The van der Waals surface area contributed by atoms with Crippen molar-refractivity contribution in [3.05, 3.63) is 63.9 Å². The van der Waals surface area contributed by atoms with Gasteiger partial charge in [0.05, 0.1) is 17.0 Å². The summed E-state index contributed by atoms with van der Waals surface area (Å²) in [6.07, 6.45) is 1.16. The number of benzene rings is 1. The van der Waals surface area contributed by atoms with Crippen molar-refractivity contribution >= 4 is 16.1 Å². The highest BCUT2D eigenvalue weighted by Crippen LogP contribution is 2.31. The van der Waals surface area contributed by atoms with Crippen LogP contribution < -0.4 is 5.56 Å². The molecule has 0 aliphatic carbocycles. The number of carbonyl (C=O) groups excluding carboxylic acids is 1. The molecule has 3 aromatic rings. The highest BCUT2D eigenvalue weighted by atomic mass is 32.2. The van der Waals surface area contributed by atoms with Crippen LogP contribution in [0.5, 0.6) is 0 Å². The Morgan fingerprint density at radius 1 is 1.13 bits per heavy atom. The Morgan fingerprint density at radius 3 is 2.53 bits per heavy atom. The Kier molecular flexibility index (Phi) is 6.86. The van der Waals surface area contributed by atoms with E-state index in [-0.39, 0.29) is 27.8 Å². The van der Waals surface area contributed by atoms with Crippen molar-refractivity contribution in [2.75, 3.05) is 19.6 Å². The third kappa shape index (κ3) is 5.37. The van der Waals surface area contributed by atoms with Gasteiger partial charge >= 0.3 is 6.09 Å². The monoisotopic (exact) mass is 541 g/mol. The van der Waals surface area contributed by atoms with Crippen LogP contribution in [-0.2, 0) is 27.7 Å². The molecule has 4 heterocycles. The first kappa shape index (κ1) is 26.1. The van der Waals surface area contributed by atoms with Crippen LogP contribution in [0, 0.1) is 0 Å². The minimum Gasteiger partial charge on any atom is -0.444 e. The van der Waals surface area contributed by atoms with Crippen LogP contribution in [0.25, 0.3) is 11.4 Å². The van der Waals surface area contributed by atoms with E-state index in [1.807, 2.05) is 20.8 Å². The summed E-state index contributed by atoms with van der Waals surface area (Å²) in [5, 5.41) is 4.05. The van der Waals surface area contributed by atoms with E-state index in [4.69, 9.17) is 9.26 Å². The average Bonchev–Trinajstić information content (AvgIpc) is 3.38. The number of ether oxygens (including phenoxy) is 1. The number of nitrogens with one attached hydrogen (secondary N) is 1. The summed E-state index contributed by atoms with van der Waals surface area (Å²) >= 11 is 0. The summed E-state index contributed by atoms with van der Waals surface area (Å²) in [6.45, 7) is 6.86. The van der Waals surface area contributed by atoms with Crippen molar-refractivity contribution in [2.24, 2.45) is 0 Å². The number of carbonyl (C=O) groups is 1. The van der Waals surface area contributed by atoms with Gasteiger partial charge in [-0.05, 0) is 57.4 Å². The van der Waals surface area contributed by atoms with E-state index in [1.165, 1.54) is 4.31 Å². The second-order valence-electron chi connectivity index (χ2n) is 10.6. The van der Waals surface area contributed by atoms with Crippen LogP contribution in [0.2, 0.25) is 0 Å². The van der Waals surface area contributed by atoms with Crippen molar-refractivity contribution in [3.8, 4) is 11.4 Å². The molecule has 0 unspecified atom stereocenters. The lowest BCUT2D eigenvalue weighted by molar-refractivity contribution is 0.0222. The second kappa shape index (κ2) is 9.99. The lowest BCUT2D eigenvalue weighted by atomic mass is 9.98. The van der Waals surface area contributed by atoms with E-state index in [0.717, 1.165) is 11.3 Å². The molecule has 12 heteroatoms. The second-order valence-corrected chi connectivity index (χ2v) is 12.6. The van der Waals surface area contributed by atoms with Crippen LogP contribution in [0.3, 0.4) is 0 Å². The van der Waals surface area contributed by atoms with Gasteiger partial charge in [-0.3, -0.25) is 4.79 Å². The van der Waals surface area contributed by atoms with E-state index in [1.54, 1.807) is 41.3 Å². The summed E-state index contributed by atoms with van der Waals surface area (Å²) < 4.78 is 38.3. The third-order valence-electron chi connectivity index (χ3n) is 6.73. The number of hydrogen-bond donors (Lipinski definition) is 1. The molecule has 0 radical (unpaired) electrons. The maximum atomic E-state index is 12.9. The van der Waals surface area contributed by atoms with E-state index >= 15 is 0 Å². The molecular formula is C26H31N5O6S. The van der Waals surface area contributed by atoms with Crippen LogP contribution in [0.4, 0.5) is 4.79 Å². The van der Waals surface area contributed by atoms with Gasteiger partial charge in [0.2, 0.25) is 21.7 Å². The quantitative estimate of drug-likeness (QED) is 0.531. The molecule has 38 heavy (non-hydrogen) atoms. The first-order chi connectivity index (χ1) is 18.0. The molecule has 0 bridgehead atoms. The SMILES string of the molecule is CC(C)(C)OC(=O)N1CCc2[nH]c(=O)c(-c3noc(C4CCN(S(=O)(=O)c5ccccc5)CC4)n3)cc2C1. The molecule has 202 valence electrons. The molecule has 1 amide bonds. The predicted octanol–water partition coefficient (Wildman–Crippen LogP) is 3.29. The van der Waals surface area contributed by atoms with Gasteiger partial charge in [-0.15, -0.1) is 0 Å². The number of rotatable bonds is 4. The fourth-order valence-electron chi connectivity index (χ4n) is 4.75. The number of amides is 1. The summed E-state index contributed by atoms with van der Waals surface area (Å²) in [6, 6.07) is 10.1. The fraction of sp³-hybridized carbons (Fsp3) is 0.462. The smallest absolute Gasteiger partial charge is 0.410 e. The zero-order valence-corrected chi connectivity index (χ0v) is 22.5. The third-order valence-corrected chi connectivity index (χ3v) is 8.64. The Morgan fingerprint density at radius 2 is 1.84 bits per heavy atom. The van der Waals surface area contributed by atoms with Crippen molar-refractivity contribution in [1.82, 2.24) is 24.3 Å². The van der Waals surface area contributed by atoms with Gasteiger partial charge in [-0.25, -0.2) is 13.2 Å². The molecule has 2 aromatic heterocycles. The summed E-state index contributed by atoms with van der Waals surface area (Å²) in [5.74, 6) is 0.430. The normalized spacial score (nSPS) is 17.3. The van der Waals surface area contributed by atoms with Crippen LogP contribution in [0.1, 0.15) is 56.7 Å². The molecule has 1 saturated heterocycles. The minimum absolute atomic E-state index is 0.113. The number of sulfonamides is 1. The molecule has 1 fully saturated rings. The lowest BCUT2D eigenvalue weighted by Gasteiger charge is -2.31. The standard InChI is InChI=1S/C26H31N5O6S/c1-26(2,3)36-25(33)30-12-11-21-18(16-30)15-20(23(32)27-21)22-28-24(37-29-22)17-9-13-31(14-10-17)38(34,35)19-7-5-4-6-8-19/h4-8,15,17H,9-14,16H2,1-3H3,(H,27,32). The van der Waals surface area contributed by atoms with E-state index in [0.29, 0.717) is 51.3 Å². The van der Waals surface area contributed by atoms with Crippen LogP contribution >= 0.6 is 0 Å². The van der Waals surface area contributed by atoms with Crippen LogP contribution in [0.15, 0.2) is 50.6 Å². The first-order valence-corrected chi connectivity index (χ1v) is 14.1. The van der Waals surface area contributed by atoms with Crippen LogP contribution in [-0.4, -0.2) is 64.1 Å². The number of fused-ring (bicyclic) bond motifs is 1. The summed E-state index contributed by atoms with van der Waals surface area (Å²) in [4.78, 5) is 34.6. The lowest BCUT2D eigenvalue weighted by Crippen LogP contribution is -2.40. The summed E-state index contributed by atoms with van der Waals surface area (Å²) in [5.41, 5.74) is 0.896. The predicted molar refractivity (Wildman–Crippen MR) is 138 cm³/mol. The number of aromatic amines is 1. The van der Waals surface area contributed by atoms with Crippen molar-refractivity contribution in [1.29, 1.82) is 0 Å². The van der Waals surface area contributed by atoms with Gasteiger partial charge < -0.3 is 19.1 Å². The van der Waals surface area contributed by atoms with Gasteiger partial charge in [-0.1, -0.05) is 23.4 Å². The maximum Gasteiger partial charge on any atom is 0.410 e. The van der Waals surface area contributed by atoms with E-state index < -0.39 is 21.7 Å². The Hall–Kier alpha value is -3.51. The average molecular weight is 542 g/mol. The highest BCUT2D eigenvalue weighted by Gasteiger charge is 2.33. The van der Waals surface area contributed by atoms with Crippen molar-refractivity contribution in [3.63, 3.8) is 0 Å². The Labute approximate surface area is 220 Å². The maximum absolute atomic E-state index is 12.9. The van der Waals surface area contributed by atoms with Gasteiger partial charge in [0.1, 0.15) is 5.60 Å². The van der Waals surface area contributed by atoms with Crippen molar-refractivity contribution in [2.45, 2.75) is 63.0 Å². The molecule has 0 saturated carbocycles. The van der Waals surface area contributed by atoms with Gasteiger partial charge in [-0.2, -0.15) is 9.29 Å². The topological polar surface area (TPSA) is 139 Å². The van der Waals surface area contributed by atoms with Crippen molar-refractivity contribution < 1.29 is 22.5 Å². The number of aromatic nitrogens is 3. The number of pyridine rings is 1. The zero-order valence-electron chi connectivity index (χ0n) is 21.6. The number of hydrogen-bond acceptors (Lipinski definition) is 8. The molecule has 0 atom stereocenters. The number of H-pyrrole nitrogens is 1. The highest BCUT2D eigenvalue weighted by molar-refractivity contribution is 7.89. The van der Waals surface area contributed by atoms with Gasteiger partial charge in [0.25, 0.3) is 5.56 Å². The minimum atomic E-state index is -3.56. The number of piperidine rings is 1. The molecule has 5 rings (SSSR count). The molecule has 1 aromatic carbocycles. The Balaban J connectivity index is 1.29. The van der Waals surface area contributed by atoms with Gasteiger partial charge in [0, 0.05) is 37.7 Å².